The fraction of sp³-hybridized carbons (Fsp3) is 0.467. The van der Waals surface area contributed by atoms with E-state index in [2.05, 4.69) is 0 Å². The van der Waals surface area contributed by atoms with Crippen LogP contribution in [0.1, 0.15) is 23.2 Å². The Hall–Kier alpha value is -2.24. The summed E-state index contributed by atoms with van der Waals surface area (Å²) in [5.74, 6) is -0.0966. The molecule has 0 aliphatic carbocycles. The summed E-state index contributed by atoms with van der Waals surface area (Å²) in [6, 6.07) is 4.95. The molecular weight excluding hydrogens is 272 g/mol. The molecule has 2 rings (SSSR count). The Balaban J connectivity index is 2.12. The van der Waals surface area contributed by atoms with Crippen LogP contribution in [0.2, 0.25) is 0 Å². The van der Waals surface area contributed by atoms with E-state index in [0.717, 1.165) is 12.8 Å². The van der Waals surface area contributed by atoms with Crippen LogP contribution in [0, 0.1) is 5.92 Å². The standard InChI is InChI=1S/C15H20N2O4/c1-20-13-6-5-10(8-12(13)16)14(18)17-7-3-4-11(9-17)15(19)21-2/h5-6,8,11H,3-4,7,9,16H2,1-2H3. The summed E-state index contributed by atoms with van der Waals surface area (Å²) in [5, 5.41) is 0. The summed E-state index contributed by atoms with van der Waals surface area (Å²) in [6.45, 7) is 1.02. The van der Waals surface area contributed by atoms with E-state index >= 15 is 0 Å². The number of methoxy groups -OCH3 is 2. The van der Waals surface area contributed by atoms with Gasteiger partial charge in [0.2, 0.25) is 0 Å². The van der Waals surface area contributed by atoms with Gasteiger partial charge in [0.1, 0.15) is 5.75 Å². The van der Waals surface area contributed by atoms with E-state index in [0.29, 0.717) is 30.1 Å². The molecule has 21 heavy (non-hydrogen) atoms. The summed E-state index contributed by atoms with van der Waals surface area (Å²) in [7, 11) is 2.89. The minimum atomic E-state index is -0.262. The van der Waals surface area contributed by atoms with Gasteiger partial charge in [0.25, 0.3) is 5.91 Å². The number of amides is 1. The van der Waals surface area contributed by atoms with Gasteiger partial charge in [-0.1, -0.05) is 0 Å². The number of hydrogen-bond donors (Lipinski definition) is 1. The molecule has 1 aliphatic rings. The maximum atomic E-state index is 12.5. The summed E-state index contributed by atoms with van der Waals surface area (Å²) in [5.41, 5.74) is 6.75. The highest BCUT2D eigenvalue weighted by atomic mass is 16.5. The number of likely N-dealkylation sites (tertiary alicyclic amines) is 1. The topological polar surface area (TPSA) is 81.9 Å². The number of nitrogen functional groups attached to an aromatic ring is 1. The Kier molecular flexibility index (Phi) is 4.67. The van der Waals surface area contributed by atoms with Crippen LogP contribution in [-0.2, 0) is 9.53 Å². The lowest BCUT2D eigenvalue weighted by atomic mass is 9.97. The Morgan fingerprint density at radius 3 is 2.71 bits per heavy atom. The molecule has 1 unspecified atom stereocenters. The number of anilines is 1. The molecule has 0 radical (unpaired) electrons. The molecule has 0 aromatic heterocycles. The Labute approximate surface area is 123 Å². The molecule has 0 spiro atoms. The lowest BCUT2D eigenvalue weighted by molar-refractivity contribution is -0.146. The van der Waals surface area contributed by atoms with Crippen molar-refractivity contribution in [2.24, 2.45) is 5.92 Å². The van der Waals surface area contributed by atoms with E-state index in [1.807, 2.05) is 0 Å². The monoisotopic (exact) mass is 292 g/mol. The van der Waals surface area contributed by atoms with Crippen molar-refractivity contribution >= 4 is 17.6 Å². The lowest BCUT2D eigenvalue weighted by Gasteiger charge is -2.31. The highest BCUT2D eigenvalue weighted by molar-refractivity contribution is 5.95. The quantitative estimate of drug-likeness (QED) is 0.671. The van der Waals surface area contributed by atoms with Crippen LogP contribution in [0.25, 0.3) is 0 Å². The first kappa shape index (κ1) is 15.2. The molecule has 1 aromatic rings. The minimum absolute atomic E-state index is 0.127. The van der Waals surface area contributed by atoms with Gasteiger partial charge >= 0.3 is 5.97 Å². The van der Waals surface area contributed by atoms with E-state index < -0.39 is 0 Å². The zero-order valence-electron chi connectivity index (χ0n) is 12.3. The number of hydrogen-bond acceptors (Lipinski definition) is 5. The molecule has 6 heteroatoms. The highest BCUT2D eigenvalue weighted by Gasteiger charge is 2.29. The predicted octanol–water partition coefficient (Wildman–Crippen LogP) is 1.30. The number of rotatable bonds is 3. The van der Waals surface area contributed by atoms with Crippen LogP contribution in [0.15, 0.2) is 18.2 Å². The highest BCUT2D eigenvalue weighted by Crippen LogP contribution is 2.24. The summed E-state index contributed by atoms with van der Waals surface area (Å²) < 4.78 is 9.84. The van der Waals surface area contributed by atoms with Gasteiger partial charge in [0.15, 0.2) is 0 Å². The van der Waals surface area contributed by atoms with E-state index in [1.165, 1.54) is 14.2 Å². The Morgan fingerprint density at radius 2 is 2.10 bits per heavy atom. The normalized spacial score (nSPS) is 18.2. The molecule has 1 amide bonds. The third-order valence-corrected chi connectivity index (χ3v) is 3.72. The van der Waals surface area contributed by atoms with Gasteiger partial charge in [0.05, 0.1) is 25.8 Å². The molecule has 6 nitrogen and oxygen atoms in total. The van der Waals surface area contributed by atoms with Gasteiger partial charge in [-0.2, -0.15) is 0 Å². The first-order chi connectivity index (χ1) is 10.1. The summed E-state index contributed by atoms with van der Waals surface area (Å²) in [6.07, 6.45) is 1.54. The predicted molar refractivity (Wildman–Crippen MR) is 78.0 cm³/mol. The maximum Gasteiger partial charge on any atom is 0.310 e. The van der Waals surface area contributed by atoms with Gasteiger partial charge in [-0.25, -0.2) is 0 Å². The van der Waals surface area contributed by atoms with Gasteiger partial charge in [-0.05, 0) is 31.0 Å². The van der Waals surface area contributed by atoms with Gasteiger partial charge in [0, 0.05) is 18.7 Å². The average molecular weight is 292 g/mol. The Bertz CT molecular complexity index is 544. The van der Waals surface area contributed by atoms with Crippen LogP contribution < -0.4 is 10.5 Å². The van der Waals surface area contributed by atoms with E-state index in [9.17, 15) is 9.59 Å². The van der Waals surface area contributed by atoms with Gasteiger partial charge in [-0.15, -0.1) is 0 Å². The average Bonchev–Trinajstić information content (AvgIpc) is 2.53. The molecule has 1 saturated heterocycles. The van der Waals surface area contributed by atoms with Crippen LogP contribution in [-0.4, -0.2) is 44.1 Å². The third-order valence-electron chi connectivity index (χ3n) is 3.72. The van der Waals surface area contributed by atoms with E-state index in [-0.39, 0.29) is 17.8 Å². The first-order valence-corrected chi connectivity index (χ1v) is 6.87. The first-order valence-electron chi connectivity index (χ1n) is 6.87. The molecule has 1 atom stereocenters. The fourth-order valence-corrected chi connectivity index (χ4v) is 2.57. The maximum absolute atomic E-state index is 12.5. The molecule has 0 saturated carbocycles. The number of piperidine rings is 1. The van der Waals surface area contributed by atoms with Crippen molar-refractivity contribution < 1.29 is 19.1 Å². The largest absolute Gasteiger partial charge is 0.495 e. The van der Waals surface area contributed by atoms with Crippen LogP contribution in [0.5, 0.6) is 5.75 Å². The molecule has 114 valence electrons. The molecule has 1 aromatic carbocycles. The molecule has 1 fully saturated rings. The van der Waals surface area contributed by atoms with Gasteiger partial charge < -0.3 is 20.1 Å². The Morgan fingerprint density at radius 1 is 1.33 bits per heavy atom. The minimum Gasteiger partial charge on any atom is -0.495 e. The third kappa shape index (κ3) is 3.26. The summed E-state index contributed by atoms with van der Waals surface area (Å²) >= 11 is 0. The molecular formula is C15H20N2O4. The smallest absolute Gasteiger partial charge is 0.310 e. The second kappa shape index (κ2) is 6.47. The van der Waals surface area contributed by atoms with Crippen LogP contribution in [0.4, 0.5) is 5.69 Å². The molecule has 0 bridgehead atoms. The second-order valence-electron chi connectivity index (χ2n) is 5.07. The van der Waals surface area contributed by atoms with Crippen LogP contribution in [0.3, 0.4) is 0 Å². The van der Waals surface area contributed by atoms with Crippen molar-refractivity contribution in [1.82, 2.24) is 4.90 Å². The van der Waals surface area contributed by atoms with E-state index in [1.54, 1.807) is 23.1 Å². The SMILES string of the molecule is COC(=O)C1CCCN(C(=O)c2ccc(OC)c(N)c2)C1. The summed E-state index contributed by atoms with van der Waals surface area (Å²) in [4.78, 5) is 25.8. The number of carbonyl (C=O) groups excluding carboxylic acids is 2. The number of ether oxygens (including phenoxy) is 2. The van der Waals surface area contributed by atoms with E-state index in [4.69, 9.17) is 15.2 Å². The van der Waals surface area contributed by atoms with Crippen molar-refractivity contribution in [2.45, 2.75) is 12.8 Å². The van der Waals surface area contributed by atoms with Crippen LogP contribution >= 0.6 is 0 Å². The van der Waals surface area contributed by atoms with Gasteiger partial charge in [-0.3, -0.25) is 9.59 Å². The van der Waals surface area contributed by atoms with Crippen molar-refractivity contribution in [3.05, 3.63) is 23.8 Å². The zero-order valence-corrected chi connectivity index (χ0v) is 12.3. The molecule has 2 N–H and O–H groups in total. The van der Waals surface area contributed by atoms with Crippen molar-refractivity contribution in [3.63, 3.8) is 0 Å². The van der Waals surface area contributed by atoms with Crippen molar-refractivity contribution in [3.8, 4) is 5.75 Å². The number of benzene rings is 1. The number of carbonyl (C=O) groups is 2. The number of nitrogens with two attached hydrogens (primary N) is 1. The molecule has 1 aliphatic heterocycles. The molecule has 1 heterocycles. The number of nitrogens with zero attached hydrogens (tertiary/aromatic N) is 1. The second-order valence-corrected chi connectivity index (χ2v) is 5.07. The van der Waals surface area contributed by atoms with Crippen molar-refractivity contribution in [2.75, 3.05) is 33.0 Å². The number of esters is 1. The van der Waals surface area contributed by atoms with Crippen molar-refractivity contribution in [1.29, 1.82) is 0 Å². The lowest BCUT2D eigenvalue weighted by Crippen LogP contribution is -2.42. The fourth-order valence-electron chi connectivity index (χ4n) is 2.57. The zero-order chi connectivity index (χ0) is 15.4.